The number of likely N-dealkylation sites (tertiary alicyclic amines) is 1. The second kappa shape index (κ2) is 10.6. The average Bonchev–Trinajstić information content (AvgIpc) is 3.30. The van der Waals surface area contributed by atoms with Crippen molar-refractivity contribution in [3.05, 3.63) is 56.1 Å². The summed E-state index contributed by atoms with van der Waals surface area (Å²) < 4.78 is 40.3. The van der Waals surface area contributed by atoms with Gasteiger partial charge in [-0.15, -0.1) is 0 Å². The van der Waals surface area contributed by atoms with Gasteiger partial charge in [0.15, 0.2) is 5.79 Å². The molecule has 0 radical (unpaired) electrons. The lowest BCUT2D eigenvalue weighted by molar-refractivity contribution is -0.384. The van der Waals surface area contributed by atoms with Gasteiger partial charge in [-0.3, -0.25) is 14.9 Å². The van der Waals surface area contributed by atoms with Crippen LogP contribution in [-0.4, -0.2) is 62.3 Å². The van der Waals surface area contributed by atoms with Crippen molar-refractivity contribution in [2.24, 2.45) is 0 Å². The number of nitro benzene ring substituents is 1. The highest BCUT2D eigenvalue weighted by atomic mass is 35.5. The molecule has 0 saturated carbocycles. The number of piperidine rings is 1. The van der Waals surface area contributed by atoms with Crippen molar-refractivity contribution in [3.8, 4) is 0 Å². The minimum absolute atomic E-state index is 0.0164. The monoisotopic (exact) mass is 573 g/mol. The Morgan fingerprint density at radius 2 is 1.73 bits per heavy atom. The van der Waals surface area contributed by atoms with E-state index in [1.54, 1.807) is 0 Å². The van der Waals surface area contributed by atoms with Crippen LogP contribution >= 0.6 is 23.2 Å². The van der Waals surface area contributed by atoms with E-state index in [1.165, 1.54) is 23.1 Å². The molecular weight excluding hydrogens is 549 g/mol. The Morgan fingerprint density at radius 1 is 1.14 bits per heavy atom. The van der Waals surface area contributed by atoms with E-state index in [4.69, 9.17) is 44.1 Å². The quantitative estimate of drug-likeness (QED) is 0.254. The molecule has 200 valence electrons. The van der Waals surface area contributed by atoms with Crippen LogP contribution in [-0.2, 0) is 30.7 Å². The number of nitrogens with two attached hydrogens (primary N) is 2. The number of rotatable bonds is 7. The molecule has 0 aromatic heterocycles. The number of carbonyl (C=O) groups is 1. The van der Waals surface area contributed by atoms with Gasteiger partial charge in [-0.25, -0.2) is 8.42 Å². The first-order valence-corrected chi connectivity index (χ1v) is 13.5. The van der Waals surface area contributed by atoms with Crippen molar-refractivity contribution in [1.82, 2.24) is 9.62 Å². The highest BCUT2D eigenvalue weighted by Crippen LogP contribution is 2.33. The molecule has 37 heavy (non-hydrogen) atoms. The first kappa shape index (κ1) is 27.4. The molecule has 2 aliphatic rings. The zero-order chi connectivity index (χ0) is 27.0. The summed E-state index contributed by atoms with van der Waals surface area (Å²) in [6, 6.07) is 5.00. The average molecular weight is 574 g/mol. The lowest BCUT2D eigenvalue weighted by Crippen LogP contribution is -2.54. The van der Waals surface area contributed by atoms with Gasteiger partial charge < -0.3 is 25.8 Å². The lowest BCUT2D eigenvalue weighted by atomic mass is 10.0. The van der Waals surface area contributed by atoms with Gasteiger partial charge in [0.25, 0.3) is 5.69 Å². The van der Waals surface area contributed by atoms with Crippen LogP contribution in [0, 0.1) is 10.1 Å². The van der Waals surface area contributed by atoms with E-state index in [0.717, 1.165) is 12.1 Å². The molecule has 5 N–H and O–H groups in total. The van der Waals surface area contributed by atoms with Crippen molar-refractivity contribution < 1.29 is 27.6 Å². The SMILES string of the molecule is Nc1ccc(CC(NS(=O)(=O)c2cc(Cl)c(N)c(Cl)c2)C(=O)N2CCC3(CC2)OCCO3)cc1[N+](=O)[O-]. The molecule has 2 aromatic carbocycles. The first-order valence-electron chi connectivity index (χ1n) is 11.3. The minimum Gasteiger partial charge on any atom is -0.396 e. The van der Waals surface area contributed by atoms with Crippen LogP contribution in [0.5, 0.6) is 0 Å². The molecule has 0 bridgehead atoms. The number of anilines is 2. The molecule has 1 atom stereocenters. The van der Waals surface area contributed by atoms with Gasteiger partial charge in [-0.1, -0.05) is 29.3 Å². The van der Waals surface area contributed by atoms with Crippen LogP contribution in [0.1, 0.15) is 18.4 Å². The second-order valence-corrected chi connectivity index (χ2v) is 11.3. The summed E-state index contributed by atoms with van der Waals surface area (Å²) in [6.45, 7) is 1.49. The van der Waals surface area contributed by atoms with Crippen molar-refractivity contribution >= 4 is 56.2 Å². The summed E-state index contributed by atoms with van der Waals surface area (Å²) >= 11 is 12.0. The van der Waals surface area contributed by atoms with Gasteiger partial charge in [0.1, 0.15) is 11.7 Å². The number of amides is 1. The maximum Gasteiger partial charge on any atom is 0.292 e. The van der Waals surface area contributed by atoms with Gasteiger partial charge in [-0.2, -0.15) is 4.72 Å². The van der Waals surface area contributed by atoms with Crippen LogP contribution in [0.3, 0.4) is 0 Å². The summed E-state index contributed by atoms with van der Waals surface area (Å²) in [7, 11) is -4.31. The molecule has 2 saturated heterocycles. The second-order valence-electron chi connectivity index (χ2n) is 8.76. The highest BCUT2D eigenvalue weighted by molar-refractivity contribution is 7.89. The maximum atomic E-state index is 13.6. The topological polar surface area (TPSA) is 180 Å². The Bertz CT molecular complexity index is 1300. The summed E-state index contributed by atoms with van der Waals surface area (Å²) in [4.78, 5) is 25.5. The Morgan fingerprint density at radius 3 is 2.30 bits per heavy atom. The third-order valence-electron chi connectivity index (χ3n) is 6.34. The molecule has 2 aromatic rings. The Labute approximate surface area is 223 Å². The highest BCUT2D eigenvalue weighted by Gasteiger charge is 2.42. The smallest absolute Gasteiger partial charge is 0.292 e. The maximum absolute atomic E-state index is 13.6. The van der Waals surface area contributed by atoms with E-state index in [2.05, 4.69) is 4.72 Å². The Kier molecular flexibility index (Phi) is 7.83. The predicted molar refractivity (Wildman–Crippen MR) is 137 cm³/mol. The molecule has 1 spiro atoms. The molecule has 1 unspecified atom stereocenters. The van der Waals surface area contributed by atoms with E-state index >= 15 is 0 Å². The molecule has 2 fully saturated rings. The normalized spacial score (nSPS) is 18.2. The van der Waals surface area contributed by atoms with Crippen LogP contribution in [0.2, 0.25) is 10.0 Å². The number of sulfonamides is 1. The summed E-state index contributed by atoms with van der Waals surface area (Å²) in [5.41, 5.74) is 11.4. The fourth-order valence-electron chi connectivity index (χ4n) is 4.33. The Balaban J connectivity index is 1.62. The lowest BCUT2D eigenvalue weighted by Gasteiger charge is -2.38. The van der Waals surface area contributed by atoms with E-state index in [-0.39, 0.29) is 51.5 Å². The number of hydrogen-bond acceptors (Lipinski definition) is 9. The molecule has 15 heteroatoms. The van der Waals surface area contributed by atoms with E-state index in [1.807, 2.05) is 0 Å². The van der Waals surface area contributed by atoms with Gasteiger partial charge in [-0.05, 0) is 30.2 Å². The number of nitrogens with one attached hydrogen (secondary N) is 1. The van der Waals surface area contributed by atoms with E-state index in [9.17, 15) is 23.3 Å². The van der Waals surface area contributed by atoms with Gasteiger partial charge >= 0.3 is 0 Å². The molecule has 2 heterocycles. The van der Waals surface area contributed by atoms with Crippen LogP contribution < -0.4 is 16.2 Å². The number of nitrogens with zero attached hydrogens (tertiary/aromatic N) is 2. The van der Waals surface area contributed by atoms with Crippen LogP contribution in [0.4, 0.5) is 17.1 Å². The molecule has 0 aliphatic carbocycles. The van der Waals surface area contributed by atoms with Crippen molar-refractivity contribution in [1.29, 1.82) is 0 Å². The largest absolute Gasteiger partial charge is 0.396 e. The first-order chi connectivity index (χ1) is 17.4. The van der Waals surface area contributed by atoms with Crippen LogP contribution in [0.15, 0.2) is 35.2 Å². The number of benzene rings is 2. The van der Waals surface area contributed by atoms with Crippen LogP contribution in [0.25, 0.3) is 0 Å². The minimum atomic E-state index is -4.31. The summed E-state index contributed by atoms with van der Waals surface area (Å²) in [5.74, 6) is -1.25. The number of halogens is 2. The summed E-state index contributed by atoms with van der Waals surface area (Å²) in [6.07, 6.45) is 0.674. The van der Waals surface area contributed by atoms with E-state index in [0.29, 0.717) is 31.6 Å². The number of nitro groups is 1. The van der Waals surface area contributed by atoms with Gasteiger partial charge in [0, 0.05) is 32.0 Å². The van der Waals surface area contributed by atoms with E-state index < -0.39 is 32.7 Å². The molecular formula is C22H25Cl2N5O7S. The van der Waals surface area contributed by atoms with Gasteiger partial charge in [0.05, 0.1) is 38.8 Å². The van der Waals surface area contributed by atoms with Crippen molar-refractivity contribution in [2.45, 2.75) is 36.0 Å². The van der Waals surface area contributed by atoms with Crippen molar-refractivity contribution in [2.75, 3.05) is 37.8 Å². The third kappa shape index (κ3) is 5.92. The fourth-order valence-corrected chi connectivity index (χ4v) is 6.19. The van der Waals surface area contributed by atoms with Crippen molar-refractivity contribution in [3.63, 3.8) is 0 Å². The number of carbonyl (C=O) groups excluding carboxylic acids is 1. The number of nitrogen functional groups attached to an aromatic ring is 2. The molecule has 1 amide bonds. The molecule has 4 rings (SSSR count). The standard InChI is InChI=1S/C22H25Cl2N5O7S/c23-15-11-14(12-16(24)20(15)26)37(33,34)27-18(9-13-1-2-17(25)19(10-13)29(31)32)21(30)28-5-3-22(4-6-28)35-7-8-36-22/h1-2,10-12,18,27H,3-9,25-26H2. The number of ether oxygens (including phenoxy) is 2. The third-order valence-corrected chi connectivity index (χ3v) is 8.42. The van der Waals surface area contributed by atoms with Gasteiger partial charge in [0.2, 0.25) is 15.9 Å². The Hall–Kier alpha value is -2.68. The zero-order valence-electron chi connectivity index (χ0n) is 19.5. The predicted octanol–water partition coefficient (Wildman–Crippen LogP) is 2.32. The fraction of sp³-hybridized carbons (Fsp3) is 0.409. The molecule has 12 nitrogen and oxygen atoms in total. The number of hydrogen-bond donors (Lipinski definition) is 3. The summed E-state index contributed by atoms with van der Waals surface area (Å²) in [5, 5.41) is 11.2. The molecule has 2 aliphatic heterocycles. The zero-order valence-corrected chi connectivity index (χ0v) is 21.8.